The van der Waals surface area contributed by atoms with Crippen LogP contribution in [-0.2, 0) is 7.05 Å². The summed E-state index contributed by atoms with van der Waals surface area (Å²) in [5.41, 5.74) is 0. The van der Waals surface area contributed by atoms with E-state index in [0.29, 0.717) is 5.88 Å². The molecule has 0 radical (unpaired) electrons. The van der Waals surface area contributed by atoms with Crippen molar-refractivity contribution < 1.29 is 4.74 Å². The van der Waals surface area contributed by atoms with Crippen LogP contribution in [0.2, 0.25) is 0 Å². The maximum Gasteiger partial charge on any atom is 0.248 e. The first kappa shape index (κ1) is 8.15. The lowest BCUT2D eigenvalue weighted by Crippen LogP contribution is -1.95. The summed E-state index contributed by atoms with van der Waals surface area (Å²) in [7, 11) is 1.81. The van der Waals surface area contributed by atoms with Crippen LogP contribution in [0.15, 0.2) is 10.7 Å². The second-order valence-electron chi connectivity index (χ2n) is 1.95. The molecule has 0 aliphatic heterocycles. The van der Waals surface area contributed by atoms with E-state index in [1.54, 1.807) is 10.9 Å². The van der Waals surface area contributed by atoms with Crippen LogP contribution in [0.1, 0.15) is 0 Å². The highest BCUT2D eigenvalue weighted by Crippen LogP contribution is 2.21. The Morgan fingerprint density at radius 1 is 1.91 bits per heavy atom. The molecular formula is C7H7BrN2O. The lowest BCUT2D eigenvalue weighted by Gasteiger charge is -1.95. The molecule has 1 aromatic heterocycles. The summed E-state index contributed by atoms with van der Waals surface area (Å²) >= 11 is 3.27. The summed E-state index contributed by atoms with van der Waals surface area (Å²) in [4.78, 5) is 0. The van der Waals surface area contributed by atoms with Gasteiger partial charge in [0.25, 0.3) is 0 Å². The molecule has 1 heterocycles. The molecule has 0 saturated carbocycles. The topological polar surface area (TPSA) is 27.1 Å². The van der Waals surface area contributed by atoms with E-state index in [4.69, 9.17) is 11.2 Å². The summed E-state index contributed by atoms with van der Waals surface area (Å²) in [6, 6.07) is 0. The van der Waals surface area contributed by atoms with Gasteiger partial charge in [-0.1, -0.05) is 5.92 Å². The largest absolute Gasteiger partial charge is 0.463 e. The molecule has 0 spiro atoms. The van der Waals surface area contributed by atoms with Crippen LogP contribution in [0.3, 0.4) is 0 Å². The second-order valence-corrected chi connectivity index (χ2v) is 2.80. The molecule has 0 fully saturated rings. The van der Waals surface area contributed by atoms with Crippen molar-refractivity contribution >= 4 is 15.9 Å². The Morgan fingerprint density at radius 3 is 3.09 bits per heavy atom. The first-order valence-electron chi connectivity index (χ1n) is 2.99. The van der Waals surface area contributed by atoms with Crippen LogP contribution < -0.4 is 4.74 Å². The molecule has 0 aromatic carbocycles. The van der Waals surface area contributed by atoms with Gasteiger partial charge >= 0.3 is 0 Å². The number of hydrogen-bond donors (Lipinski definition) is 0. The summed E-state index contributed by atoms with van der Waals surface area (Å²) in [5, 5.41) is 4.00. The molecular weight excluding hydrogens is 208 g/mol. The molecule has 4 heteroatoms. The number of nitrogens with zero attached hydrogens (tertiary/aromatic N) is 2. The standard InChI is InChI=1S/C7H7BrN2O/c1-3-4-11-7-6(8)5-10(2)9-7/h1,5H,4H2,2H3. The molecule has 0 aliphatic carbocycles. The molecule has 0 N–H and O–H groups in total. The van der Waals surface area contributed by atoms with Gasteiger partial charge in [-0.05, 0) is 15.9 Å². The van der Waals surface area contributed by atoms with Crippen molar-refractivity contribution in [2.45, 2.75) is 0 Å². The maximum atomic E-state index is 5.09. The third kappa shape index (κ3) is 1.99. The summed E-state index contributed by atoms with van der Waals surface area (Å²) in [6.45, 7) is 0.246. The van der Waals surface area contributed by atoms with Gasteiger partial charge in [-0.3, -0.25) is 4.68 Å². The normalized spacial score (nSPS) is 9.18. The van der Waals surface area contributed by atoms with E-state index >= 15 is 0 Å². The van der Waals surface area contributed by atoms with Gasteiger partial charge in [-0.25, -0.2) is 0 Å². The van der Waals surface area contributed by atoms with Crippen LogP contribution in [0.5, 0.6) is 5.88 Å². The molecule has 1 rings (SSSR count). The summed E-state index contributed by atoms with van der Waals surface area (Å²) < 4.78 is 7.56. The smallest absolute Gasteiger partial charge is 0.248 e. The molecule has 0 unspecified atom stereocenters. The average molecular weight is 215 g/mol. The third-order valence-electron chi connectivity index (χ3n) is 1.05. The number of ether oxygens (including phenoxy) is 1. The van der Waals surface area contributed by atoms with Gasteiger partial charge in [-0.2, -0.15) is 0 Å². The van der Waals surface area contributed by atoms with Gasteiger partial charge in [0.1, 0.15) is 0 Å². The van der Waals surface area contributed by atoms with Crippen LogP contribution in [0.4, 0.5) is 0 Å². The van der Waals surface area contributed by atoms with Gasteiger partial charge in [0, 0.05) is 13.2 Å². The number of aromatic nitrogens is 2. The number of rotatable bonds is 2. The summed E-state index contributed by atoms with van der Waals surface area (Å²) in [6.07, 6.45) is 6.81. The quantitative estimate of drug-likeness (QED) is 0.693. The van der Waals surface area contributed by atoms with E-state index < -0.39 is 0 Å². The van der Waals surface area contributed by atoms with Crippen molar-refractivity contribution in [3.8, 4) is 18.2 Å². The van der Waals surface area contributed by atoms with Gasteiger partial charge in [-0.15, -0.1) is 11.5 Å². The average Bonchev–Trinajstić information content (AvgIpc) is 2.26. The Labute approximate surface area is 73.5 Å². The summed E-state index contributed by atoms with van der Waals surface area (Å²) in [5.74, 6) is 2.89. The zero-order valence-electron chi connectivity index (χ0n) is 6.04. The lowest BCUT2D eigenvalue weighted by molar-refractivity contribution is 0.349. The van der Waals surface area contributed by atoms with E-state index in [0.717, 1.165) is 4.47 Å². The zero-order chi connectivity index (χ0) is 8.27. The molecule has 0 amide bonds. The van der Waals surface area contributed by atoms with Crippen molar-refractivity contribution in [1.82, 2.24) is 9.78 Å². The minimum Gasteiger partial charge on any atom is -0.463 e. The fourth-order valence-corrected chi connectivity index (χ4v) is 1.14. The fourth-order valence-electron chi connectivity index (χ4n) is 0.647. The Balaban J connectivity index is 2.71. The van der Waals surface area contributed by atoms with E-state index in [9.17, 15) is 0 Å². The van der Waals surface area contributed by atoms with E-state index in [1.165, 1.54) is 0 Å². The van der Waals surface area contributed by atoms with E-state index in [-0.39, 0.29) is 6.61 Å². The predicted molar refractivity (Wildman–Crippen MR) is 45.2 cm³/mol. The van der Waals surface area contributed by atoms with Gasteiger partial charge in [0.15, 0.2) is 6.61 Å². The van der Waals surface area contributed by atoms with Crippen molar-refractivity contribution in [2.24, 2.45) is 7.05 Å². The highest BCUT2D eigenvalue weighted by atomic mass is 79.9. The van der Waals surface area contributed by atoms with Crippen molar-refractivity contribution in [2.75, 3.05) is 6.61 Å². The molecule has 0 saturated heterocycles. The Hall–Kier alpha value is -0.950. The van der Waals surface area contributed by atoms with Crippen LogP contribution in [0, 0.1) is 12.3 Å². The van der Waals surface area contributed by atoms with Crippen LogP contribution in [-0.4, -0.2) is 16.4 Å². The minimum absolute atomic E-state index is 0.246. The van der Waals surface area contributed by atoms with Crippen LogP contribution in [0.25, 0.3) is 0 Å². The van der Waals surface area contributed by atoms with E-state index in [1.807, 2.05) is 7.05 Å². The van der Waals surface area contributed by atoms with E-state index in [2.05, 4.69) is 26.9 Å². The number of hydrogen-bond acceptors (Lipinski definition) is 2. The first-order valence-corrected chi connectivity index (χ1v) is 3.78. The van der Waals surface area contributed by atoms with Crippen molar-refractivity contribution in [1.29, 1.82) is 0 Å². The van der Waals surface area contributed by atoms with Crippen LogP contribution >= 0.6 is 15.9 Å². The highest BCUT2D eigenvalue weighted by molar-refractivity contribution is 9.10. The number of halogens is 1. The SMILES string of the molecule is C#CCOc1nn(C)cc1Br. The van der Waals surface area contributed by atoms with Gasteiger partial charge in [0.05, 0.1) is 4.47 Å². The maximum absolute atomic E-state index is 5.09. The highest BCUT2D eigenvalue weighted by Gasteiger charge is 2.03. The van der Waals surface area contributed by atoms with Crippen molar-refractivity contribution in [3.63, 3.8) is 0 Å². The Morgan fingerprint density at radius 2 is 2.64 bits per heavy atom. The predicted octanol–water partition coefficient (Wildman–Crippen LogP) is 1.19. The molecule has 1 aromatic rings. The van der Waals surface area contributed by atoms with Crippen molar-refractivity contribution in [3.05, 3.63) is 10.7 Å². The fraction of sp³-hybridized carbons (Fsp3) is 0.286. The van der Waals surface area contributed by atoms with Gasteiger partial charge in [0.2, 0.25) is 5.88 Å². The Kier molecular flexibility index (Phi) is 2.55. The molecule has 0 atom stereocenters. The number of terminal acetylenes is 1. The molecule has 0 bridgehead atoms. The Bertz CT molecular complexity index is 287. The first-order chi connectivity index (χ1) is 5.24. The monoisotopic (exact) mass is 214 g/mol. The minimum atomic E-state index is 0.246. The third-order valence-corrected chi connectivity index (χ3v) is 1.59. The molecule has 3 nitrogen and oxygen atoms in total. The molecule has 0 aliphatic rings. The second kappa shape index (κ2) is 3.44. The van der Waals surface area contributed by atoms with Gasteiger partial charge < -0.3 is 4.74 Å². The molecule has 11 heavy (non-hydrogen) atoms. The molecule has 58 valence electrons. The zero-order valence-corrected chi connectivity index (χ0v) is 7.63. The lowest BCUT2D eigenvalue weighted by atomic mass is 10.7. The number of aryl methyl sites for hydroxylation is 1.